The van der Waals surface area contributed by atoms with Gasteiger partial charge in [0.15, 0.2) is 11.5 Å². The van der Waals surface area contributed by atoms with Crippen molar-refractivity contribution in [2.24, 2.45) is 0 Å². The molecule has 3 aromatic carbocycles. The quantitative estimate of drug-likeness (QED) is 0.184. The minimum atomic E-state index is -0.532. The van der Waals surface area contributed by atoms with Gasteiger partial charge in [0.05, 0.1) is 30.9 Å². The number of benzene rings is 3. The van der Waals surface area contributed by atoms with Crippen LogP contribution in [0.5, 0.6) is 23.0 Å². The van der Waals surface area contributed by atoms with Gasteiger partial charge in [0.25, 0.3) is 5.91 Å². The standard InChI is InChI=1S/C28H25BrCl2N2O5/c1-4-37-26-11-19(22(29)13-27(26)38-16-17-5-8-23(30)24(31)9-17)10-20(14-32)28(34)33-15-18-6-7-21(35-2)12-25(18)36-3/h5-13H,4,15-16H2,1-3H3,(H,33,34)/b20-10+. The second-order valence-electron chi connectivity index (χ2n) is 7.82. The van der Waals surface area contributed by atoms with Gasteiger partial charge in [-0.15, -0.1) is 0 Å². The third kappa shape index (κ3) is 7.57. The lowest BCUT2D eigenvalue weighted by atomic mass is 10.1. The minimum Gasteiger partial charge on any atom is -0.497 e. The first-order valence-corrected chi connectivity index (χ1v) is 13.0. The Kier molecular flexibility index (Phi) is 10.7. The summed E-state index contributed by atoms with van der Waals surface area (Å²) in [4.78, 5) is 12.8. The maximum absolute atomic E-state index is 12.8. The number of carbonyl (C=O) groups excluding carboxylic acids is 1. The van der Waals surface area contributed by atoms with Crippen LogP contribution >= 0.6 is 39.1 Å². The lowest BCUT2D eigenvalue weighted by Crippen LogP contribution is -2.24. The number of ether oxygens (including phenoxy) is 4. The van der Waals surface area contributed by atoms with Crippen molar-refractivity contribution in [1.29, 1.82) is 5.26 Å². The fourth-order valence-corrected chi connectivity index (χ4v) is 4.16. The maximum atomic E-state index is 12.8. The third-order valence-electron chi connectivity index (χ3n) is 5.34. The van der Waals surface area contributed by atoms with E-state index in [-0.39, 0.29) is 18.7 Å². The lowest BCUT2D eigenvalue weighted by Gasteiger charge is -2.15. The molecule has 198 valence electrons. The average Bonchev–Trinajstić information content (AvgIpc) is 2.92. The van der Waals surface area contributed by atoms with E-state index in [9.17, 15) is 10.1 Å². The van der Waals surface area contributed by atoms with Gasteiger partial charge in [-0.05, 0) is 60.5 Å². The van der Waals surface area contributed by atoms with Crippen LogP contribution in [0.3, 0.4) is 0 Å². The number of amides is 1. The Morgan fingerprint density at radius 3 is 2.42 bits per heavy atom. The molecule has 0 aliphatic carbocycles. The Bertz CT molecular complexity index is 1390. The van der Waals surface area contributed by atoms with Crippen molar-refractivity contribution in [2.45, 2.75) is 20.1 Å². The van der Waals surface area contributed by atoms with Crippen LogP contribution in [0.15, 0.2) is 58.6 Å². The first-order chi connectivity index (χ1) is 18.3. The van der Waals surface area contributed by atoms with Gasteiger partial charge in [0.2, 0.25) is 0 Å². The normalized spacial score (nSPS) is 10.9. The number of nitrogens with zero attached hydrogens (tertiary/aromatic N) is 1. The molecule has 1 amide bonds. The molecule has 0 saturated heterocycles. The van der Waals surface area contributed by atoms with Crippen LogP contribution in [-0.4, -0.2) is 26.7 Å². The molecular weight excluding hydrogens is 595 g/mol. The summed E-state index contributed by atoms with van der Waals surface area (Å²) in [6.45, 7) is 2.64. The molecule has 0 fully saturated rings. The van der Waals surface area contributed by atoms with E-state index >= 15 is 0 Å². The molecule has 3 rings (SSSR count). The van der Waals surface area contributed by atoms with Crippen molar-refractivity contribution in [1.82, 2.24) is 5.32 Å². The summed E-state index contributed by atoms with van der Waals surface area (Å²) in [7, 11) is 3.09. The molecule has 0 spiro atoms. The van der Waals surface area contributed by atoms with Crippen LogP contribution in [0.2, 0.25) is 10.0 Å². The molecule has 10 heteroatoms. The Hall–Kier alpha value is -3.38. The monoisotopic (exact) mass is 618 g/mol. The molecular formula is C28H25BrCl2N2O5. The van der Waals surface area contributed by atoms with Gasteiger partial charge in [0.1, 0.15) is 29.7 Å². The van der Waals surface area contributed by atoms with E-state index in [2.05, 4.69) is 21.2 Å². The highest BCUT2D eigenvalue weighted by atomic mass is 79.9. The highest BCUT2D eigenvalue weighted by Crippen LogP contribution is 2.36. The molecule has 0 aromatic heterocycles. The first kappa shape index (κ1) is 29.2. The van der Waals surface area contributed by atoms with Crippen LogP contribution in [0, 0.1) is 11.3 Å². The molecule has 0 atom stereocenters. The summed E-state index contributed by atoms with van der Waals surface area (Å²) in [5.74, 6) is 1.61. The largest absolute Gasteiger partial charge is 0.497 e. The van der Waals surface area contributed by atoms with Gasteiger partial charge in [-0.1, -0.05) is 45.2 Å². The van der Waals surface area contributed by atoms with Crippen LogP contribution in [-0.2, 0) is 17.9 Å². The molecule has 0 unspecified atom stereocenters. The predicted molar refractivity (Wildman–Crippen MR) is 151 cm³/mol. The highest BCUT2D eigenvalue weighted by Gasteiger charge is 2.15. The number of rotatable bonds is 11. The summed E-state index contributed by atoms with van der Waals surface area (Å²) in [6, 6.07) is 15.9. The van der Waals surface area contributed by atoms with Crippen molar-refractivity contribution in [3.63, 3.8) is 0 Å². The van der Waals surface area contributed by atoms with Crippen LogP contribution < -0.4 is 24.3 Å². The van der Waals surface area contributed by atoms with Gasteiger partial charge in [-0.3, -0.25) is 4.79 Å². The second kappa shape index (κ2) is 14.0. The first-order valence-electron chi connectivity index (χ1n) is 11.4. The molecule has 7 nitrogen and oxygen atoms in total. The van der Waals surface area contributed by atoms with Gasteiger partial charge in [0, 0.05) is 22.6 Å². The molecule has 0 aliphatic heterocycles. The molecule has 0 saturated carbocycles. The topological polar surface area (TPSA) is 89.8 Å². The van der Waals surface area contributed by atoms with Crippen LogP contribution in [0.4, 0.5) is 0 Å². The highest BCUT2D eigenvalue weighted by molar-refractivity contribution is 9.10. The Balaban J connectivity index is 1.79. The Morgan fingerprint density at radius 1 is 1.00 bits per heavy atom. The van der Waals surface area contributed by atoms with Crippen molar-refractivity contribution < 1.29 is 23.7 Å². The SMILES string of the molecule is CCOc1cc(/C=C(\C#N)C(=O)NCc2ccc(OC)cc2OC)c(Br)cc1OCc1ccc(Cl)c(Cl)c1. The Labute approximate surface area is 240 Å². The number of carbonyl (C=O) groups is 1. The van der Waals surface area contributed by atoms with Crippen molar-refractivity contribution in [3.05, 3.63) is 85.3 Å². The van der Waals surface area contributed by atoms with Crippen molar-refractivity contribution in [3.8, 4) is 29.1 Å². The van der Waals surface area contributed by atoms with E-state index in [1.165, 1.54) is 13.2 Å². The zero-order valence-electron chi connectivity index (χ0n) is 20.9. The molecule has 38 heavy (non-hydrogen) atoms. The van der Waals surface area contributed by atoms with E-state index in [4.69, 9.17) is 42.1 Å². The molecule has 1 N–H and O–H groups in total. The van der Waals surface area contributed by atoms with Crippen molar-refractivity contribution >= 4 is 51.1 Å². The molecule has 0 heterocycles. The van der Waals surface area contributed by atoms with E-state index in [0.29, 0.717) is 49.7 Å². The average molecular weight is 620 g/mol. The third-order valence-corrected chi connectivity index (χ3v) is 6.77. The zero-order chi connectivity index (χ0) is 27.7. The summed E-state index contributed by atoms with van der Waals surface area (Å²) in [6.07, 6.45) is 1.48. The Morgan fingerprint density at radius 2 is 1.76 bits per heavy atom. The van der Waals surface area contributed by atoms with Gasteiger partial charge >= 0.3 is 0 Å². The number of methoxy groups -OCH3 is 2. The minimum absolute atomic E-state index is 0.0786. The maximum Gasteiger partial charge on any atom is 0.262 e. The van der Waals surface area contributed by atoms with Crippen LogP contribution in [0.1, 0.15) is 23.6 Å². The molecule has 0 aliphatic rings. The van der Waals surface area contributed by atoms with Crippen molar-refractivity contribution in [2.75, 3.05) is 20.8 Å². The van der Waals surface area contributed by atoms with Gasteiger partial charge < -0.3 is 24.3 Å². The fourth-order valence-electron chi connectivity index (χ4n) is 3.41. The number of hydrogen-bond donors (Lipinski definition) is 1. The number of halogens is 3. The van der Waals surface area contributed by atoms with E-state index < -0.39 is 5.91 Å². The number of hydrogen-bond acceptors (Lipinski definition) is 6. The van der Waals surface area contributed by atoms with Gasteiger partial charge in [-0.2, -0.15) is 5.26 Å². The summed E-state index contributed by atoms with van der Waals surface area (Å²) >= 11 is 15.6. The molecule has 0 radical (unpaired) electrons. The van der Waals surface area contributed by atoms with E-state index in [0.717, 1.165) is 11.1 Å². The number of nitrogens with one attached hydrogen (secondary N) is 1. The predicted octanol–water partition coefficient (Wildman–Crippen LogP) is 6.97. The molecule has 0 bridgehead atoms. The summed E-state index contributed by atoms with van der Waals surface area (Å²) < 4.78 is 22.9. The summed E-state index contributed by atoms with van der Waals surface area (Å²) in [5, 5.41) is 13.3. The molecule has 3 aromatic rings. The summed E-state index contributed by atoms with van der Waals surface area (Å²) in [5.41, 5.74) is 2.07. The van der Waals surface area contributed by atoms with E-state index in [1.54, 1.807) is 49.6 Å². The smallest absolute Gasteiger partial charge is 0.262 e. The second-order valence-corrected chi connectivity index (χ2v) is 9.49. The zero-order valence-corrected chi connectivity index (χ0v) is 24.0. The number of nitriles is 1. The lowest BCUT2D eigenvalue weighted by molar-refractivity contribution is -0.117. The van der Waals surface area contributed by atoms with Crippen LogP contribution in [0.25, 0.3) is 6.08 Å². The fraction of sp³-hybridized carbons (Fsp3) is 0.214. The van der Waals surface area contributed by atoms with Gasteiger partial charge in [-0.25, -0.2) is 0 Å². The van der Waals surface area contributed by atoms with E-state index in [1.807, 2.05) is 19.1 Å².